The molecule has 0 aliphatic rings. The maximum Gasteiger partial charge on any atom is 0.238 e. The summed E-state index contributed by atoms with van der Waals surface area (Å²) >= 11 is 0. The number of amides is 2. The molecule has 5 heteroatoms. The van der Waals surface area contributed by atoms with Gasteiger partial charge >= 0.3 is 0 Å². The molecule has 0 radical (unpaired) electrons. The lowest BCUT2D eigenvalue weighted by atomic mass is 10.00. The van der Waals surface area contributed by atoms with Crippen LogP contribution in [0.25, 0.3) is 10.8 Å². The van der Waals surface area contributed by atoms with Crippen molar-refractivity contribution < 1.29 is 9.59 Å². The van der Waals surface area contributed by atoms with Gasteiger partial charge in [0.05, 0.1) is 19.1 Å². The zero-order valence-corrected chi connectivity index (χ0v) is 18.5. The monoisotopic (exact) mass is 417 g/mol. The van der Waals surface area contributed by atoms with Gasteiger partial charge in [-0.25, -0.2) is 0 Å². The van der Waals surface area contributed by atoms with E-state index in [-0.39, 0.29) is 30.9 Å². The molecule has 0 saturated carbocycles. The van der Waals surface area contributed by atoms with Gasteiger partial charge in [-0.1, -0.05) is 67.6 Å². The Morgan fingerprint density at radius 1 is 0.903 bits per heavy atom. The van der Waals surface area contributed by atoms with E-state index in [1.165, 1.54) is 0 Å². The third-order valence-electron chi connectivity index (χ3n) is 5.36. The largest absolute Gasteiger partial charge is 0.348 e. The number of para-hydroxylation sites is 1. The van der Waals surface area contributed by atoms with Crippen molar-refractivity contribution in [3.05, 3.63) is 77.9 Å². The molecule has 0 bridgehead atoms. The summed E-state index contributed by atoms with van der Waals surface area (Å²) < 4.78 is 0. The number of aryl methyl sites for hydroxylation is 1. The third kappa shape index (κ3) is 6.15. The van der Waals surface area contributed by atoms with Crippen LogP contribution in [-0.2, 0) is 9.59 Å². The molecule has 0 heterocycles. The molecule has 3 rings (SSSR count). The maximum absolute atomic E-state index is 12.8. The SMILES string of the molecule is CCCN(CC(=O)Nc1ccccc1C)CC(=O)N[C@H](C)c1cccc2ccccc12. The van der Waals surface area contributed by atoms with Gasteiger partial charge in [-0.2, -0.15) is 0 Å². The number of fused-ring (bicyclic) bond motifs is 1. The molecule has 0 saturated heterocycles. The quantitative estimate of drug-likeness (QED) is 0.532. The van der Waals surface area contributed by atoms with Gasteiger partial charge in [0.1, 0.15) is 0 Å². The lowest BCUT2D eigenvalue weighted by Gasteiger charge is -2.23. The Balaban J connectivity index is 1.61. The van der Waals surface area contributed by atoms with Crippen LogP contribution in [0, 0.1) is 6.92 Å². The smallest absolute Gasteiger partial charge is 0.238 e. The number of hydrogen-bond donors (Lipinski definition) is 2. The molecule has 31 heavy (non-hydrogen) atoms. The zero-order valence-electron chi connectivity index (χ0n) is 18.5. The molecule has 0 aliphatic carbocycles. The highest BCUT2D eigenvalue weighted by molar-refractivity contribution is 5.93. The van der Waals surface area contributed by atoms with Crippen LogP contribution in [0.15, 0.2) is 66.7 Å². The van der Waals surface area contributed by atoms with E-state index in [9.17, 15) is 9.59 Å². The Morgan fingerprint density at radius 3 is 2.35 bits per heavy atom. The van der Waals surface area contributed by atoms with Crippen molar-refractivity contribution in [3.63, 3.8) is 0 Å². The van der Waals surface area contributed by atoms with Gasteiger partial charge in [0.25, 0.3) is 0 Å². The molecule has 162 valence electrons. The zero-order chi connectivity index (χ0) is 22.2. The van der Waals surface area contributed by atoms with Gasteiger partial charge in [0.15, 0.2) is 0 Å². The molecule has 0 unspecified atom stereocenters. The standard InChI is InChI=1S/C26H31N3O2/c1-4-16-29(18-26(31)28-24-15-8-5-10-19(24)2)17-25(30)27-20(3)22-14-9-12-21-11-6-7-13-23(21)22/h5-15,20H,4,16-18H2,1-3H3,(H,27,30)(H,28,31)/t20-/m1/s1. The van der Waals surface area contributed by atoms with Crippen molar-refractivity contribution in [2.75, 3.05) is 25.0 Å². The highest BCUT2D eigenvalue weighted by Gasteiger charge is 2.17. The highest BCUT2D eigenvalue weighted by Crippen LogP contribution is 2.24. The summed E-state index contributed by atoms with van der Waals surface area (Å²) in [5.74, 6) is -0.199. The summed E-state index contributed by atoms with van der Waals surface area (Å²) in [5.41, 5.74) is 2.91. The summed E-state index contributed by atoms with van der Waals surface area (Å²) in [6, 6.07) is 21.9. The second kappa shape index (κ2) is 10.7. The number of benzene rings is 3. The van der Waals surface area contributed by atoms with E-state index in [0.717, 1.165) is 34.0 Å². The molecule has 3 aromatic carbocycles. The number of nitrogens with zero attached hydrogens (tertiary/aromatic N) is 1. The predicted molar refractivity (Wildman–Crippen MR) is 127 cm³/mol. The second-order valence-electron chi connectivity index (χ2n) is 7.93. The van der Waals surface area contributed by atoms with Crippen LogP contribution in [0.5, 0.6) is 0 Å². The van der Waals surface area contributed by atoms with Gasteiger partial charge in [0.2, 0.25) is 11.8 Å². The predicted octanol–water partition coefficient (Wildman–Crippen LogP) is 4.68. The first kappa shape index (κ1) is 22.5. The highest BCUT2D eigenvalue weighted by atomic mass is 16.2. The Morgan fingerprint density at radius 2 is 1.58 bits per heavy atom. The lowest BCUT2D eigenvalue weighted by molar-refractivity contribution is -0.124. The summed E-state index contributed by atoms with van der Waals surface area (Å²) in [6.45, 7) is 7.04. The van der Waals surface area contributed by atoms with Crippen LogP contribution >= 0.6 is 0 Å². The molecule has 0 aromatic heterocycles. The van der Waals surface area contributed by atoms with Crippen LogP contribution < -0.4 is 10.6 Å². The third-order valence-corrected chi connectivity index (χ3v) is 5.36. The molecular weight excluding hydrogens is 386 g/mol. The number of rotatable bonds is 9. The van der Waals surface area contributed by atoms with Gasteiger partial charge in [-0.3, -0.25) is 14.5 Å². The second-order valence-corrected chi connectivity index (χ2v) is 7.93. The molecule has 0 aliphatic heterocycles. The van der Waals surface area contributed by atoms with E-state index >= 15 is 0 Å². The molecule has 2 N–H and O–H groups in total. The molecule has 5 nitrogen and oxygen atoms in total. The average Bonchev–Trinajstić information content (AvgIpc) is 2.75. The minimum Gasteiger partial charge on any atom is -0.348 e. The van der Waals surface area contributed by atoms with Gasteiger partial charge < -0.3 is 10.6 Å². The van der Waals surface area contributed by atoms with Crippen molar-refractivity contribution in [1.29, 1.82) is 0 Å². The fourth-order valence-electron chi connectivity index (χ4n) is 3.83. The normalized spacial score (nSPS) is 12.0. The molecule has 2 amide bonds. The van der Waals surface area contributed by atoms with Gasteiger partial charge in [-0.15, -0.1) is 0 Å². The molecule has 3 aromatic rings. The van der Waals surface area contributed by atoms with E-state index in [0.29, 0.717) is 6.54 Å². The Kier molecular flexibility index (Phi) is 7.79. The molecule has 0 fully saturated rings. The Labute approximate surface area is 184 Å². The van der Waals surface area contributed by atoms with Crippen LogP contribution in [0.1, 0.15) is 37.4 Å². The average molecular weight is 418 g/mol. The van der Waals surface area contributed by atoms with Gasteiger partial charge in [0, 0.05) is 5.69 Å². The maximum atomic E-state index is 12.8. The van der Waals surface area contributed by atoms with Crippen molar-refractivity contribution >= 4 is 28.3 Å². The van der Waals surface area contributed by atoms with Crippen LogP contribution in [0.4, 0.5) is 5.69 Å². The summed E-state index contributed by atoms with van der Waals surface area (Å²) in [4.78, 5) is 27.2. The van der Waals surface area contributed by atoms with Crippen LogP contribution in [0.3, 0.4) is 0 Å². The molecule has 0 spiro atoms. The topological polar surface area (TPSA) is 61.4 Å². The van der Waals surface area contributed by atoms with Crippen molar-refractivity contribution in [2.45, 2.75) is 33.2 Å². The van der Waals surface area contributed by atoms with E-state index in [2.05, 4.69) is 28.8 Å². The molecule has 1 atom stereocenters. The first-order valence-electron chi connectivity index (χ1n) is 10.8. The first-order valence-corrected chi connectivity index (χ1v) is 10.8. The minimum atomic E-state index is -0.122. The summed E-state index contributed by atoms with van der Waals surface area (Å²) in [6.07, 6.45) is 0.865. The van der Waals surface area contributed by atoms with Crippen molar-refractivity contribution in [2.24, 2.45) is 0 Å². The van der Waals surface area contributed by atoms with E-state index in [1.54, 1.807) is 0 Å². The van der Waals surface area contributed by atoms with E-state index in [4.69, 9.17) is 0 Å². The van der Waals surface area contributed by atoms with Crippen molar-refractivity contribution in [3.8, 4) is 0 Å². The lowest BCUT2D eigenvalue weighted by Crippen LogP contribution is -2.42. The van der Waals surface area contributed by atoms with Gasteiger partial charge in [-0.05, 0) is 54.8 Å². The first-order chi connectivity index (χ1) is 15.0. The molecular formula is C26H31N3O2. The number of carbonyl (C=O) groups excluding carboxylic acids is 2. The van der Waals surface area contributed by atoms with Crippen molar-refractivity contribution in [1.82, 2.24) is 10.2 Å². The fraction of sp³-hybridized carbons (Fsp3) is 0.308. The van der Waals surface area contributed by atoms with Crippen LogP contribution in [-0.4, -0.2) is 36.3 Å². The summed E-state index contributed by atoms with van der Waals surface area (Å²) in [5, 5.41) is 8.34. The Hall–Kier alpha value is -3.18. The summed E-state index contributed by atoms with van der Waals surface area (Å²) in [7, 11) is 0. The number of hydrogen-bond acceptors (Lipinski definition) is 3. The number of nitrogens with one attached hydrogen (secondary N) is 2. The van der Waals surface area contributed by atoms with Crippen LogP contribution in [0.2, 0.25) is 0 Å². The van der Waals surface area contributed by atoms with E-state index in [1.807, 2.05) is 74.2 Å². The number of anilines is 1. The van der Waals surface area contributed by atoms with E-state index < -0.39 is 0 Å². The number of carbonyl (C=O) groups is 2. The fourth-order valence-corrected chi connectivity index (χ4v) is 3.83. The Bertz CT molecular complexity index is 1040. The minimum absolute atomic E-state index is 0.0856.